The second-order valence-electron chi connectivity index (χ2n) is 4.75. The van der Waals surface area contributed by atoms with Gasteiger partial charge in [0.15, 0.2) is 0 Å². The first-order valence-corrected chi connectivity index (χ1v) is 6.35. The van der Waals surface area contributed by atoms with E-state index in [1.165, 1.54) is 12.1 Å². The summed E-state index contributed by atoms with van der Waals surface area (Å²) in [5.41, 5.74) is 0.565. The number of rotatable bonds is 2. The summed E-state index contributed by atoms with van der Waals surface area (Å²) in [6, 6.07) is 3.49. The molecule has 0 saturated carbocycles. The van der Waals surface area contributed by atoms with E-state index in [-0.39, 0.29) is 12.1 Å². The summed E-state index contributed by atoms with van der Waals surface area (Å²) in [6.45, 7) is 3.20. The lowest BCUT2D eigenvalue weighted by Gasteiger charge is -2.33. The van der Waals surface area contributed by atoms with E-state index in [1.54, 1.807) is 19.9 Å². The number of carbonyl (C=O) groups excluding carboxylic acids is 3. The topological polar surface area (TPSA) is 66.5 Å². The van der Waals surface area contributed by atoms with E-state index in [2.05, 4.69) is 5.32 Å². The zero-order valence-electron chi connectivity index (χ0n) is 11.3. The highest BCUT2D eigenvalue weighted by Gasteiger charge is 2.36. The molecule has 1 fully saturated rings. The molecule has 1 saturated heterocycles. The SMILES string of the molecule is CCC1C(=O)NC(=O)CN1C(=O)c1ccc(C)cc1F. The molecule has 1 aliphatic rings. The Labute approximate surface area is 115 Å². The predicted molar refractivity (Wildman–Crippen MR) is 69.4 cm³/mol. The van der Waals surface area contributed by atoms with E-state index in [9.17, 15) is 18.8 Å². The maximum absolute atomic E-state index is 13.8. The van der Waals surface area contributed by atoms with Crippen LogP contribution >= 0.6 is 0 Å². The number of hydrogen-bond donors (Lipinski definition) is 1. The second kappa shape index (κ2) is 5.40. The number of hydrogen-bond acceptors (Lipinski definition) is 3. The van der Waals surface area contributed by atoms with Crippen LogP contribution in [-0.4, -0.2) is 35.2 Å². The van der Waals surface area contributed by atoms with Crippen LogP contribution in [0.1, 0.15) is 29.3 Å². The molecule has 1 heterocycles. The van der Waals surface area contributed by atoms with Gasteiger partial charge in [-0.15, -0.1) is 0 Å². The zero-order chi connectivity index (χ0) is 14.9. The Morgan fingerprint density at radius 2 is 2.15 bits per heavy atom. The maximum Gasteiger partial charge on any atom is 0.257 e. The summed E-state index contributed by atoms with van der Waals surface area (Å²) in [5, 5.41) is 2.17. The Kier molecular flexibility index (Phi) is 3.83. The lowest BCUT2D eigenvalue weighted by molar-refractivity contribution is -0.138. The number of nitrogens with one attached hydrogen (secondary N) is 1. The fraction of sp³-hybridized carbons (Fsp3) is 0.357. The smallest absolute Gasteiger partial charge is 0.257 e. The van der Waals surface area contributed by atoms with Crippen LogP contribution in [0, 0.1) is 12.7 Å². The van der Waals surface area contributed by atoms with Gasteiger partial charge in [0.1, 0.15) is 18.4 Å². The fourth-order valence-electron chi connectivity index (χ4n) is 2.23. The first-order valence-electron chi connectivity index (χ1n) is 6.35. The van der Waals surface area contributed by atoms with E-state index in [4.69, 9.17) is 0 Å². The quantitative estimate of drug-likeness (QED) is 0.821. The molecule has 20 heavy (non-hydrogen) atoms. The van der Waals surface area contributed by atoms with E-state index in [1.807, 2.05) is 0 Å². The lowest BCUT2D eigenvalue weighted by atomic mass is 10.1. The summed E-state index contributed by atoms with van der Waals surface area (Å²) in [7, 11) is 0. The van der Waals surface area contributed by atoms with Crippen LogP contribution in [-0.2, 0) is 9.59 Å². The Bertz CT molecular complexity index is 586. The standard InChI is InChI=1S/C14H15FN2O3/c1-3-11-13(19)16-12(18)7-17(11)14(20)9-5-4-8(2)6-10(9)15/h4-6,11H,3,7H2,1-2H3,(H,16,18,19). The molecule has 1 aromatic carbocycles. The van der Waals surface area contributed by atoms with Gasteiger partial charge in [-0.1, -0.05) is 13.0 Å². The van der Waals surface area contributed by atoms with Crippen molar-refractivity contribution in [3.05, 3.63) is 35.1 Å². The van der Waals surface area contributed by atoms with E-state index in [0.29, 0.717) is 12.0 Å². The third-order valence-electron chi connectivity index (χ3n) is 3.26. The average Bonchev–Trinajstić information content (AvgIpc) is 2.37. The van der Waals surface area contributed by atoms with Gasteiger partial charge in [-0.3, -0.25) is 19.7 Å². The highest BCUT2D eigenvalue weighted by atomic mass is 19.1. The minimum absolute atomic E-state index is 0.128. The molecule has 1 atom stereocenters. The fourth-order valence-corrected chi connectivity index (χ4v) is 2.23. The molecule has 0 bridgehead atoms. The van der Waals surface area contributed by atoms with Crippen molar-refractivity contribution in [1.29, 1.82) is 0 Å². The van der Waals surface area contributed by atoms with Crippen molar-refractivity contribution in [3.63, 3.8) is 0 Å². The van der Waals surface area contributed by atoms with Crippen LogP contribution in [0.5, 0.6) is 0 Å². The van der Waals surface area contributed by atoms with Crippen molar-refractivity contribution in [2.45, 2.75) is 26.3 Å². The zero-order valence-corrected chi connectivity index (χ0v) is 11.3. The molecule has 2 rings (SSSR count). The van der Waals surface area contributed by atoms with Crippen molar-refractivity contribution < 1.29 is 18.8 Å². The maximum atomic E-state index is 13.8. The van der Waals surface area contributed by atoms with Crippen molar-refractivity contribution in [2.75, 3.05) is 6.54 Å². The Morgan fingerprint density at radius 1 is 1.45 bits per heavy atom. The van der Waals surface area contributed by atoms with Gasteiger partial charge >= 0.3 is 0 Å². The molecule has 0 aliphatic carbocycles. The van der Waals surface area contributed by atoms with Crippen LogP contribution in [0.3, 0.4) is 0 Å². The minimum atomic E-state index is -0.749. The number of amides is 3. The highest BCUT2D eigenvalue weighted by Crippen LogP contribution is 2.17. The van der Waals surface area contributed by atoms with E-state index >= 15 is 0 Å². The molecule has 1 N–H and O–H groups in total. The number of imide groups is 1. The molecule has 1 unspecified atom stereocenters. The largest absolute Gasteiger partial charge is 0.317 e. The molecule has 5 nitrogen and oxygen atoms in total. The lowest BCUT2D eigenvalue weighted by Crippen LogP contribution is -2.59. The summed E-state index contributed by atoms with van der Waals surface area (Å²) in [6.07, 6.45) is 0.359. The number of nitrogens with zero attached hydrogens (tertiary/aromatic N) is 1. The number of piperazine rings is 1. The molecular formula is C14H15FN2O3. The van der Waals surface area contributed by atoms with Crippen LogP contribution in [0.4, 0.5) is 4.39 Å². The molecule has 6 heteroatoms. The van der Waals surface area contributed by atoms with Crippen molar-refractivity contribution >= 4 is 17.7 Å². The molecular weight excluding hydrogens is 263 g/mol. The van der Waals surface area contributed by atoms with E-state index < -0.39 is 29.6 Å². The van der Waals surface area contributed by atoms with Crippen molar-refractivity contribution in [3.8, 4) is 0 Å². The monoisotopic (exact) mass is 278 g/mol. The third kappa shape index (κ3) is 2.54. The second-order valence-corrected chi connectivity index (χ2v) is 4.75. The number of carbonyl (C=O) groups is 3. The molecule has 0 aromatic heterocycles. The van der Waals surface area contributed by atoms with Gasteiger partial charge in [0.05, 0.1) is 5.56 Å². The summed E-state index contributed by atoms with van der Waals surface area (Å²) in [4.78, 5) is 36.6. The van der Waals surface area contributed by atoms with Gasteiger partial charge in [-0.05, 0) is 31.0 Å². The normalized spacial score (nSPS) is 18.9. The molecule has 1 aromatic rings. The molecule has 106 valence electrons. The summed E-state index contributed by atoms with van der Waals surface area (Å²) >= 11 is 0. The summed E-state index contributed by atoms with van der Waals surface area (Å²) < 4.78 is 13.8. The van der Waals surface area contributed by atoms with Gasteiger partial charge in [0, 0.05) is 0 Å². The van der Waals surface area contributed by atoms with Crippen LogP contribution in [0.15, 0.2) is 18.2 Å². The number of aryl methyl sites for hydroxylation is 1. The number of benzene rings is 1. The van der Waals surface area contributed by atoms with Gasteiger partial charge in [-0.25, -0.2) is 4.39 Å². The minimum Gasteiger partial charge on any atom is -0.317 e. The predicted octanol–water partition coefficient (Wildman–Crippen LogP) is 1.01. The Hall–Kier alpha value is -2.24. The Balaban J connectivity index is 2.34. The van der Waals surface area contributed by atoms with Gasteiger partial charge in [0.2, 0.25) is 11.8 Å². The summed E-state index contributed by atoms with van der Waals surface area (Å²) in [5.74, 6) is -2.37. The van der Waals surface area contributed by atoms with Gasteiger partial charge < -0.3 is 4.90 Å². The van der Waals surface area contributed by atoms with Crippen molar-refractivity contribution in [1.82, 2.24) is 10.2 Å². The Morgan fingerprint density at radius 3 is 2.75 bits per heavy atom. The molecule has 0 radical (unpaired) electrons. The van der Waals surface area contributed by atoms with Crippen LogP contribution < -0.4 is 5.32 Å². The van der Waals surface area contributed by atoms with Gasteiger partial charge in [0.25, 0.3) is 5.91 Å². The molecule has 3 amide bonds. The van der Waals surface area contributed by atoms with Crippen LogP contribution in [0.25, 0.3) is 0 Å². The van der Waals surface area contributed by atoms with E-state index in [0.717, 1.165) is 4.90 Å². The highest BCUT2D eigenvalue weighted by molar-refractivity contribution is 6.07. The van der Waals surface area contributed by atoms with Gasteiger partial charge in [-0.2, -0.15) is 0 Å². The average molecular weight is 278 g/mol. The molecule has 1 aliphatic heterocycles. The third-order valence-corrected chi connectivity index (χ3v) is 3.26. The first kappa shape index (κ1) is 14.2. The molecule has 0 spiro atoms. The van der Waals surface area contributed by atoms with Crippen LogP contribution in [0.2, 0.25) is 0 Å². The first-order chi connectivity index (χ1) is 9.43. The van der Waals surface area contributed by atoms with Crippen molar-refractivity contribution in [2.24, 2.45) is 0 Å². The number of halogens is 1.